The highest BCUT2D eigenvalue weighted by molar-refractivity contribution is 5.98. The second-order valence-corrected chi connectivity index (χ2v) is 18.4. The van der Waals surface area contributed by atoms with Crippen LogP contribution in [-0.2, 0) is 62.4 Å². The molecule has 7 amide bonds. The molecule has 5 rings (SSSR count). The van der Waals surface area contributed by atoms with E-state index >= 15 is 0 Å². The number of nitrogens with one attached hydrogen (secondary N) is 8. The Morgan fingerprint density at radius 2 is 1.56 bits per heavy atom. The van der Waals surface area contributed by atoms with E-state index in [1.54, 1.807) is 36.5 Å². The fourth-order valence-corrected chi connectivity index (χ4v) is 8.75. The molecular formula is C51H69N13O9. The number of carbonyl (C=O) groups is 9. The van der Waals surface area contributed by atoms with E-state index in [4.69, 9.17) is 17.2 Å². The maximum atomic E-state index is 14.7. The molecule has 1 fully saturated rings. The van der Waals surface area contributed by atoms with Gasteiger partial charge in [0.05, 0.1) is 12.4 Å². The maximum Gasteiger partial charge on any atom is 0.243 e. The van der Waals surface area contributed by atoms with Gasteiger partial charge in [0.1, 0.15) is 30.0 Å². The van der Waals surface area contributed by atoms with Crippen molar-refractivity contribution in [2.24, 2.45) is 34.0 Å². The number of nitrogens with zero attached hydrogens (tertiary/aromatic N) is 2. The van der Waals surface area contributed by atoms with E-state index in [9.17, 15) is 43.2 Å². The normalized spacial score (nSPS) is 20.4. The molecule has 22 heteroatoms. The van der Waals surface area contributed by atoms with Crippen LogP contribution in [0.5, 0.6) is 0 Å². The number of ketones is 2. The van der Waals surface area contributed by atoms with Crippen LogP contribution in [-0.4, -0.2) is 117 Å². The van der Waals surface area contributed by atoms with Crippen LogP contribution in [0.25, 0.3) is 10.9 Å². The SMILES string of the molecule is CCCC[C@H](NC(C)=O)C(=O)N[C@H]1CCC(=O)NCC[C@@H](C(=O)N[C@@H](Cc2c[nH]c3ccccc23)C(N)=O)CC(=O)[C@H](CCCN=C(N)N)CC(=O)[C@@H](Cc2ccccc2)NC(=O)[C@H](Cc2cnc[nH]2)NC1=O. The zero-order valence-electron chi connectivity index (χ0n) is 41.4. The molecule has 0 aliphatic carbocycles. The van der Waals surface area contributed by atoms with Crippen LogP contribution in [0.2, 0.25) is 0 Å². The average Bonchev–Trinajstić information content (AvgIpc) is 4.03. The summed E-state index contributed by atoms with van der Waals surface area (Å²) in [5, 5.41) is 17.2. The van der Waals surface area contributed by atoms with Crippen LogP contribution < -0.4 is 49.1 Å². The van der Waals surface area contributed by atoms with Gasteiger partial charge in [0.25, 0.3) is 0 Å². The van der Waals surface area contributed by atoms with E-state index in [1.165, 1.54) is 19.4 Å². The topological polar surface area (TPSA) is 361 Å². The van der Waals surface area contributed by atoms with Crippen molar-refractivity contribution in [3.63, 3.8) is 0 Å². The van der Waals surface area contributed by atoms with E-state index in [1.807, 2.05) is 31.2 Å². The first-order chi connectivity index (χ1) is 35.0. The molecule has 0 bridgehead atoms. The van der Waals surface area contributed by atoms with E-state index in [0.717, 1.165) is 10.9 Å². The van der Waals surface area contributed by atoms with Crippen LogP contribution in [0, 0.1) is 11.8 Å². The van der Waals surface area contributed by atoms with Gasteiger partial charge in [-0.05, 0) is 55.7 Å². The van der Waals surface area contributed by atoms with Gasteiger partial charge in [0.15, 0.2) is 11.7 Å². The number of hydrogen-bond acceptors (Lipinski definition) is 11. The third-order valence-electron chi connectivity index (χ3n) is 12.7. The lowest BCUT2D eigenvalue weighted by Crippen LogP contribution is -2.58. The smallest absolute Gasteiger partial charge is 0.243 e. The Morgan fingerprint density at radius 1 is 0.822 bits per heavy atom. The van der Waals surface area contributed by atoms with Crippen molar-refractivity contribution < 1.29 is 43.2 Å². The van der Waals surface area contributed by atoms with Gasteiger partial charge < -0.3 is 59.1 Å². The van der Waals surface area contributed by atoms with Crippen molar-refractivity contribution >= 4 is 69.8 Å². The molecule has 7 atom stereocenters. The highest BCUT2D eigenvalue weighted by Crippen LogP contribution is 2.24. The van der Waals surface area contributed by atoms with Gasteiger partial charge in [0, 0.05) is 92.9 Å². The number of carbonyl (C=O) groups excluding carboxylic acids is 9. The zero-order valence-corrected chi connectivity index (χ0v) is 41.4. The van der Waals surface area contributed by atoms with Crippen molar-refractivity contribution in [2.75, 3.05) is 13.1 Å². The number of benzene rings is 2. The van der Waals surface area contributed by atoms with Crippen molar-refractivity contribution in [1.29, 1.82) is 0 Å². The Balaban J connectivity index is 1.52. The van der Waals surface area contributed by atoms with Crippen LogP contribution in [0.3, 0.4) is 0 Å². The third-order valence-corrected chi connectivity index (χ3v) is 12.7. The molecule has 0 unspecified atom stereocenters. The van der Waals surface area contributed by atoms with Gasteiger partial charge in [-0.15, -0.1) is 0 Å². The molecular weight excluding hydrogens is 939 g/mol. The van der Waals surface area contributed by atoms with Crippen LogP contribution in [0.1, 0.15) is 94.9 Å². The lowest BCUT2D eigenvalue weighted by molar-refractivity contribution is -0.135. The summed E-state index contributed by atoms with van der Waals surface area (Å²) < 4.78 is 0. The quantitative estimate of drug-likeness (QED) is 0.0349. The Bertz CT molecular complexity index is 2560. The third kappa shape index (κ3) is 18.0. The van der Waals surface area contributed by atoms with E-state index in [0.29, 0.717) is 29.7 Å². The molecule has 73 heavy (non-hydrogen) atoms. The number of H-pyrrole nitrogens is 2. The van der Waals surface area contributed by atoms with Crippen molar-refractivity contribution in [1.82, 2.24) is 46.9 Å². The van der Waals surface area contributed by atoms with Gasteiger partial charge in [-0.25, -0.2) is 4.98 Å². The first-order valence-electron chi connectivity index (χ1n) is 24.7. The largest absolute Gasteiger partial charge is 0.370 e. The maximum absolute atomic E-state index is 14.7. The Morgan fingerprint density at radius 3 is 2.26 bits per heavy atom. The molecule has 22 nitrogen and oxygen atoms in total. The van der Waals surface area contributed by atoms with Crippen molar-refractivity contribution in [3.8, 4) is 0 Å². The van der Waals surface area contributed by atoms with Gasteiger partial charge in [-0.3, -0.25) is 48.1 Å². The minimum Gasteiger partial charge on any atom is -0.370 e. The standard InChI is InChI=1S/C51H69N13O9/c1-3-4-15-38(60-30(2)65)48(71)61-39-17-18-45(68)56-21-19-33(47(70)63-41(46(52)69)23-34-27-58-37-16-9-8-14-36(34)37)25-43(66)32(13-10-20-57-51(53)54)24-44(67)40(22-31-11-6-5-7-12-31)62-50(73)42(64-49(39)72)26-35-28-55-29-59-35/h5-9,11-12,14,16,27-29,32-33,38-42,58H,3-4,10,13,15,17-26H2,1-2H3,(H2,52,69)(H,55,59)(H,56,68)(H,60,65)(H,61,71)(H,62,73)(H,63,70)(H,64,72)(H4,53,54,57)/t32-,33-,38+,39+,40-,41+,42+/m1/s1. The Labute approximate surface area is 423 Å². The summed E-state index contributed by atoms with van der Waals surface area (Å²) in [6.07, 6.45) is 4.87. The molecule has 2 aromatic heterocycles. The number of aromatic nitrogens is 3. The number of amides is 7. The van der Waals surface area contributed by atoms with E-state index in [-0.39, 0.29) is 83.3 Å². The Kier molecular flexibility index (Phi) is 21.6. The average molecular weight is 1010 g/mol. The van der Waals surface area contributed by atoms with Crippen molar-refractivity contribution in [2.45, 2.75) is 128 Å². The number of fused-ring (bicyclic) bond motifs is 1. The lowest BCUT2D eigenvalue weighted by Gasteiger charge is -2.27. The molecule has 1 saturated heterocycles. The monoisotopic (exact) mass is 1010 g/mol. The highest BCUT2D eigenvalue weighted by atomic mass is 16.2. The molecule has 1 aliphatic heterocycles. The van der Waals surface area contributed by atoms with Crippen LogP contribution in [0.4, 0.5) is 0 Å². The number of hydrogen-bond donors (Lipinski definition) is 11. The molecule has 14 N–H and O–H groups in total. The molecule has 1 aliphatic rings. The predicted molar refractivity (Wildman–Crippen MR) is 271 cm³/mol. The zero-order chi connectivity index (χ0) is 52.9. The molecule has 4 aromatic rings. The van der Waals surface area contributed by atoms with Gasteiger partial charge in [-0.1, -0.05) is 68.3 Å². The highest BCUT2D eigenvalue weighted by Gasteiger charge is 2.35. The number of unbranched alkanes of at least 4 members (excludes halogenated alkanes) is 1. The van der Waals surface area contributed by atoms with Gasteiger partial charge >= 0.3 is 0 Å². The number of guanidine groups is 1. The van der Waals surface area contributed by atoms with Gasteiger partial charge in [-0.2, -0.15) is 0 Å². The predicted octanol–water partition coefficient (Wildman–Crippen LogP) is 0.543. The molecule has 392 valence electrons. The molecule has 0 radical (unpaired) electrons. The molecule has 3 heterocycles. The number of para-hydroxylation sites is 1. The number of aliphatic imine (C=N–C) groups is 1. The summed E-state index contributed by atoms with van der Waals surface area (Å²) in [5.41, 5.74) is 19.7. The summed E-state index contributed by atoms with van der Waals surface area (Å²) >= 11 is 0. The number of imidazole rings is 1. The Hall–Kier alpha value is -7.91. The number of Topliss-reactive ketones (excluding diaryl/α,β-unsaturated/α-hetero) is 2. The number of primary amides is 1. The van der Waals surface area contributed by atoms with Gasteiger partial charge in [0.2, 0.25) is 41.4 Å². The minimum absolute atomic E-state index is 0.00419. The van der Waals surface area contributed by atoms with Crippen molar-refractivity contribution in [3.05, 3.63) is 90.1 Å². The number of rotatable bonds is 19. The summed E-state index contributed by atoms with van der Waals surface area (Å²) in [5.74, 6) is -8.19. The summed E-state index contributed by atoms with van der Waals surface area (Å²) in [7, 11) is 0. The van der Waals surface area contributed by atoms with E-state index in [2.05, 4.69) is 51.8 Å². The van der Waals surface area contributed by atoms with E-state index < -0.39 is 101 Å². The second-order valence-electron chi connectivity index (χ2n) is 18.4. The van der Waals surface area contributed by atoms with Crippen LogP contribution in [0.15, 0.2) is 78.3 Å². The first-order valence-corrected chi connectivity index (χ1v) is 24.7. The summed E-state index contributed by atoms with van der Waals surface area (Å²) in [6.45, 7) is 3.16. The number of nitrogens with two attached hydrogens (primary N) is 3. The summed E-state index contributed by atoms with van der Waals surface area (Å²) in [4.78, 5) is 139. The second kappa shape index (κ2) is 28.2. The minimum atomic E-state index is -1.41. The fourth-order valence-electron chi connectivity index (χ4n) is 8.75. The summed E-state index contributed by atoms with van der Waals surface area (Å²) in [6, 6.07) is 10.1. The fraction of sp³-hybridized carbons (Fsp3) is 0.471. The lowest BCUT2D eigenvalue weighted by atomic mass is 9.84. The molecule has 0 saturated carbocycles. The first kappa shape index (κ1) is 56.0. The molecule has 0 spiro atoms. The van der Waals surface area contributed by atoms with Crippen LogP contribution >= 0.6 is 0 Å². The number of aromatic amines is 2. The molecule has 2 aromatic carbocycles.